The van der Waals surface area contributed by atoms with Gasteiger partial charge in [-0.2, -0.15) is 0 Å². The van der Waals surface area contributed by atoms with Crippen LogP contribution >= 0.6 is 11.3 Å². The number of thiophene rings is 1. The normalized spacial score (nSPS) is 14.7. The van der Waals surface area contributed by atoms with E-state index in [1.807, 2.05) is 24.4 Å². The summed E-state index contributed by atoms with van der Waals surface area (Å²) in [4.78, 5) is 35.5. The summed E-state index contributed by atoms with van der Waals surface area (Å²) in [5, 5.41) is 16.3. The minimum Gasteiger partial charge on any atom is -0.480 e. The molecule has 0 aliphatic carbocycles. The number of aliphatic carboxylic acids is 1. The first kappa shape index (κ1) is 18.2. The number of hydrogen-bond donors (Lipinski definition) is 3. The van der Waals surface area contributed by atoms with Gasteiger partial charge in [-0.25, -0.2) is 4.79 Å². The van der Waals surface area contributed by atoms with E-state index < -0.39 is 18.1 Å². The summed E-state index contributed by atoms with van der Waals surface area (Å²) in [6.07, 6.45) is 0.664. The van der Waals surface area contributed by atoms with E-state index in [2.05, 4.69) is 10.6 Å². The van der Waals surface area contributed by atoms with Crippen molar-refractivity contribution in [3.63, 3.8) is 0 Å². The quantitative estimate of drug-likeness (QED) is 0.680. The molecule has 0 saturated carbocycles. The van der Waals surface area contributed by atoms with Gasteiger partial charge in [-0.05, 0) is 17.4 Å². The van der Waals surface area contributed by atoms with Gasteiger partial charge in [0.1, 0.15) is 6.04 Å². The van der Waals surface area contributed by atoms with Crippen molar-refractivity contribution < 1.29 is 19.5 Å². The number of carboxylic acid groups (broad SMARTS) is 1. The maximum atomic E-state index is 12.1. The molecule has 1 unspecified atom stereocenters. The van der Waals surface area contributed by atoms with E-state index in [9.17, 15) is 19.5 Å². The van der Waals surface area contributed by atoms with Crippen molar-refractivity contribution >= 4 is 29.1 Å². The second-order valence-corrected chi connectivity index (χ2v) is 6.22. The summed E-state index contributed by atoms with van der Waals surface area (Å²) in [5.74, 6) is -1.83. The van der Waals surface area contributed by atoms with Gasteiger partial charge in [0.25, 0.3) is 0 Å². The molecule has 0 fully saturated rings. The van der Waals surface area contributed by atoms with Crippen LogP contribution in [0.25, 0.3) is 0 Å². The van der Waals surface area contributed by atoms with E-state index in [0.29, 0.717) is 6.42 Å². The molecule has 0 spiro atoms. The zero-order chi connectivity index (χ0) is 16.7. The number of carbonyl (C=O) groups is 3. The van der Waals surface area contributed by atoms with Crippen LogP contribution in [0, 0.1) is 5.92 Å². The van der Waals surface area contributed by atoms with Gasteiger partial charge in [-0.15, -0.1) is 11.3 Å². The van der Waals surface area contributed by atoms with Gasteiger partial charge >= 0.3 is 5.97 Å². The Morgan fingerprint density at radius 1 is 1.32 bits per heavy atom. The molecule has 1 heterocycles. The number of amides is 2. The Hall–Kier alpha value is -1.89. The standard InChI is InChI=1S/C15H22N2O4S/c1-4-9(2)14(15(20)21)17-13(19)8-11(16-10(3)18)12-6-5-7-22-12/h5-7,9,11,14H,4,8H2,1-3H3,(H,16,18)(H,17,19)(H,20,21)/t9-,11?,14-/m0/s1. The number of nitrogens with one attached hydrogen (secondary N) is 2. The van der Waals surface area contributed by atoms with Crippen molar-refractivity contribution in [2.45, 2.75) is 45.7 Å². The third-order valence-corrected chi connectivity index (χ3v) is 4.44. The van der Waals surface area contributed by atoms with Gasteiger partial charge in [0, 0.05) is 11.8 Å². The topological polar surface area (TPSA) is 95.5 Å². The fourth-order valence-corrected chi connectivity index (χ4v) is 2.84. The van der Waals surface area contributed by atoms with E-state index in [0.717, 1.165) is 4.88 Å². The molecule has 0 saturated heterocycles. The average molecular weight is 326 g/mol. The molecule has 2 amide bonds. The summed E-state index contributed by atoms with van der Waals surface area (Å²) >= 11 is 1.44. The Bertz CT molecular complexity index is 516. The predicted molar refractivity (Wildman–Crippen MR) is 84.5 cm³/mol. The molecule has 0 aliphatic rings. The van der Waals surface area contributed by atoms with Crippen LogP contribution < -0.4 is 10.6 Å². The highest BCUT2D eigenvalue weighted by molar-refractivity contribution is 7.10. The van der Waals surface area contributed by atoms with Gasteiger partial charge in [0.05, 0.1) is 12.5 Å². The molecule has 0 aromatic carbocycles. The molecule has 7 heteroatoms. The number of carboxylic acids is 1. The summed E-state index contributed by atoms with van der Waals surface area (Å²) in [7, 11) is 0. The zero-order valence-electron chi connectivity index (χ0n) is 13.0. The zero-order valence-corrected chi connectivity index (χ0v) is 13.8. The third kappa shape index (κ3) is 5.48. The average Bonchev–Trinajstić information content (AvgIpc) is 2.96. The second kappa shape index (κ2) is 8.53. The lowest BCUT2D eigenvalue weighted by Crippen LogP contribution is -2.46. The first-order valence-corrected chi connectivity index (χ1v) is 8.05. The lowest BCUT2D eigenvalue weighted by Gasteiger charge is -2.22. The minimum absolute atomic E-state index is 0.0142. The summed E-state index contributed by atoms with van der Waals surface area (Å²) in [5.41, 5.74) is 0. The fraction of sp³-hybridized carbons (Fsp3) is 0.533. The van der Waals surface area contributed by atoms with E-state index in [-0.39, 0.29) is 24.2 Å². The predicted octanol–water partition coefficient (Wildman–Crippen LogP) is 1.93. The Kier molecular flexibility index (Phi) is 7.04. The molecule has 0 bridgehead atoms. The number of rotatable bonds is 8. The molecule has 3 N–H and O–H groups in total. The highest BCUT2D eigenvalue weighted by Crippen LogP contribution is 2.22. The van der Waals surface area contributed by atoms with E-state index >= 15 is 0 Å². The minimum atomic E-state index is -1.05. The molecule has 122 valence electrons. The van der Waals surface area contributed by atoms with Crippen LogP contribution in [0.4, 0.5) is 0 Å². The van der Waals surface area contributed by atoms with Crippen LogP contribution in [0.15, 0.2) is 17.5 Å². The van der Waals surface area contributed by atoms with Crippen LogP contribution in [0.5, 0.6) is 0 Å². The third-order valence-electron chi connectivity index (χ3n) is 3.45. The van der Waals surface area contributed by atoms with Crippen LogP contribution in [0.2, 0.25) is 0 Å². The monoisotopic (exact) mass is 326 g/mol. The summed E-state index contributed by atoms with van der Waals surface area (Å²) < 4.78 is 0. The molecule has 22 heavy (non-hydrogen) atoms. The second-order valence-electron chi connectivity index (χ2n) is 5.24. The number of carbonyl (C=O) groups excluding carboxylic acids is 2. The summed E-state index contributed by atoms with van der Waals surface area (Å²) in [6, 6.07) is 2.32. The van der Waals surface area contributed by atoms with Crippen LogP contribution in [0.3, 0.4) is 0 Å². The SMILES string of the molecule is CC[C@H](C)[C@H](NC(=O)CC(NC(C)=O)c1cccs1)C(=O)O. The largest absolute Gasteiger partial charge is 0.480 e. The van der Waals surface area contributed by atoms with Crippen molar-refractivity contribution in [1.29, 1.82) is 0 Å². The number of hydrogen-bond acceptors (Lipinski definition) is 4. The van der Waals surface area contributed by atoms with Crippen molar-refractivity contribution in [3.05, 3.63) is 22.4 Å². The highest BCUT2D eigenvalue weighted by atomic mass is 32.1. The molecule has 1 rings (SSSR count). The van der Waals surface area contributed by atoms with E-state index in [4.69, 9.17) is 0 Å². The Morgan fingerprint density at radius 2 is 2.00 bits per heavy atom. The van der Waals surface area contributed by atoms with Gasteiger partial charge in [-0.1, -0.05) is 26.3 Å². The molecular formula is C15H22N2O4S. The Labute approximate surface area is 133 Å². The van der Waals surface area contributed by atoms with Gasteiger partial charge in [0.15, 0.2) is 0 Å². The van der Waals surface area contributed by atoms with Crippen molar-refractivity contribution in [2.24, 2.45) is 5.92 Å². The fourth-order valence-electron chi connectivity index (χ4n) is 2.06. The Balaban J connectivity index is 2.74. The first-order chi connectivity index (χ1) is 10.3. The molecule has 1 aromatic rings. The van der Waals surface area contributed by atoms with Gasteiger partial charge in [0.2, 0.25) is 11.8 Å². The maximum absolute atomic E-state index is 12.1. The molecule has 3 atom stereocenters. The molecule has 1 aromatic heterocycles. The van der Waals surface area contributed by atoms with Crippen molar-refractivity contribution in [2.75, 3.05) is 0 Å². The van der Waals surface area contributed by atoms with Crippen LogP contribution in [-0.2, 0) is 14.4 Å². The summed E-state index contributed by atoms with van der Waals surface area (Å²) in [6.45, 7) is 5.04. The molecule has 0 radical (unpaired) electrons. The van der Waals surface area contributed by atoms with E-state index in [1.165, 1.54) is 18.3 Å². The molecule has 6 nitrogen and oxygen atoms in total. The van der Waals surface area contributed by atoms with Crippen LogP contribution in [0.1, 0.15) is 44.5 Å². The van der Waals surface area contributed by atoms with Gasteiger partial charge in [-0.3, -0.25) is 9.59 Å². The van der Waals surface area contributed by atoms with Crippen molar-refractivity contribution in [1.82, 2.24) is 10.6 Å². The maximum Gasteiger partial charge on any atom is 0.326 e. The van der Waals surface area contributed by atoms with E-state index in [1.54, 1.807) is 6.92 Å². The molecular weight excluding hydrogens is 304 g/mol. The smallest absolute Gasteiger partial charge is 0.326 e. The lowest BCUT2D eigenvalue weighted by atomic mass is 9.99. The Morgan fingerprint density at radius 3 is 2.45 bits per heavy atom. The lowest BCUT2D eigenvalue weighted by molar-refractivity contribution is -0.143. The molecule has 0 aliphatic heterocycles. The highest BCUT2D eigenvalue weighted by Gasteiger charge is 2.27. The van der Waals surface area contributed by atoms with Crippen molar-refractivity contribution in [3.8, 4) is 0 Å². The van der Waals surface area contributed by atoms with Gasteiger partial charge < -0.3 is 15.7 Å². The van der Waals surface area contributed by atoms with Crippen LogP contribution in [-0.4, -0.2) is 28.9 Å². The first-order valence-electron chi connectivity index (χ1n) is 7.17.